The average Bonchev–Trinajstić information content (AvgIpc) is 2.02. The molecule has 0 saturated heterocycles. The maximum Gasteiger partial charge on any atom is 0.331 e. The molecule has 0 atom stereocenters. The predicted molar refractivity (Wildman–Crippen MR) is 51.7 cm³/mol. The van der Waals surface area contributed by atoms with Crippen LogP contribution in [0.4, 0.5) is 0 Å². The van der Waals surface area contributed by atoms with Gasteiger partial charge < -0.3 is 10.2 Å². The van der Waals surface area contributed by atoms with Gasteiger partial charge in [-0.15, -0.1) is 0 Å². The Morgan fingerprint density at radius 3 is 2.31 bits per heavy atom. The van der Waals surface area contributed by atoms with Crippen molar-refractivity contribution in [1.29, 1.82) is 0 Å². The van der Waals surface area contributed by atoms with Crippen molar-refractivity contribution in [3.8, 4) is 0 Å². The Bertz CT molecular complexity index is 173. The molecule has 0 aromatic rings. The third kappa shape index (κ3) is 8.92. The van der Waals surface area contributed by atoms with Crippen LogP contribution in [-0.2, 0) is 4.79 Å². The molecule has 0 aliphatic heterocycles. The fraction of sp³-hybridized carbons (Fsp3) is 0.700. The lowest BCUT2D eigenvalue weighted by molar-refractivity contribution is -0.131. The van der Waals surface area contributed by atoms with E-state index in [4.69, 9.17) is 10.2 Å². The van der Waals surface area contributed by atoms with Crippen LogP contribution in [0.1, 0.15) is 45.4 Å². The minimum Gasteiger partial charge on any atom is -0.512 e. The summed E-state index contributed by atoms with van der Waals surface area (Å²) < 4.78 is 0. The van der Waals surface area contributed by atoms with Crippen LogP contribution >= 0.6 is 0 Å². The van der Waals surface area contributed by atoms with Crippen LogP contribution in [-0.4, -0.2) is 16.2 Å². The van der Waals surface area contributed by atoms with Gasteiger partial charge in [0, 0.05) is 6.42 Å². The number of unbranched alkanes of at least 4 members (excludes halogenated alkanes) is 4. The van der Waals surface area contributed by atoms with Crippen molar-refractivity contribution in [1.82, 2.24) is 0 Å². The second-order valence-electron chi connectivity index (χ2n) is 3.14. The number of hydrogen-bond acceptors (Lipinski definition) is 2. The largest absolute Gasteiger partial charge is 0.512 e. The summed E-state index contributed by atoms with van der Waals surface area (Å²) in [5.74, 6) is -1.10. The van der Waals surface area contributed by atoms with Gasteiger partial charge in [-0.2, -0.15) is 0 Å². The van der Waals surface area contributed by atoms with Gasteiger partial charge in [-0.3, -0.25) is 0 Å². The SMILES string of the molecule is CCCCCCC/C(O)=C/C(=O)O. The van der Waals surface area contributed by atoms with Gasteiger partial charge in [0.1, 0.15) is 0 Å². The molecule has 3 nitrogen and oxygen atoms in total. The van der Waals surface area contributed by atoms with E-state index in [0.717, 1.165) is 25.3 Å². The van der Waals surface area contributed by atoms with E-state index < -0.39 is 5.97 Å². The zero-order chi connectivity index (χ0) is 10.1. The van der Waals surface area contributed by atoms with E-state index in [9.17, 15) is 4.79 Å². The van der Waals surface area contributed by atoms with E-state index in [1.54, 1.807) is 0 Å². The number of carboxylic acids is 1. The minimum atomic E-state index is -1.08. The van der Waals surface area contributed by atoms with Crippen molar-refractivity contribution in [3.63, 3.8) is 0 Å². The molecule has 0 fully saturated rings. The summed E-state index contributed by atoms with van der Waals surface area (Å²) in [6.07, 6.45) is 6.84. The lowest BCUT2D eigenvalue weighted by atomic mass is 10.1. The maximum absolute atomic E-state index is 10.1. The van der Waals surface area contributed by atoms with Crippen LogP contribution in [0.5, 0.6) is 0 Å². The second kappa shape index (κ2) is 7.65. The summed E-state index contributed by atoms with van der Waals surface area (Å²) in [4.78, 5) is 10.1. The second-order valence-corrected chi connectivity index (χ2v) is 3.14. The highest BCUT2D eigenvalue weighted by Crippen LogP contribution is 2.08. The topological polar surface area (TPSA) is 57.5 Å². The molecular weight excluding hydrogens is 168 g/mol. The molecule has 2 N–H and O–H groups in total. The number of carboxylic acid groups (broad SMARTS) is 1. The first kappa shape index (κ1) is 12.0. The predicted octanol–water partition coefficient (Wildman–Crippen LogP) is 2.87. The highest BCUT2D eigenvalue weighted by molar-refractivity contribution is 5.80. The molecule has 0 heterocycles. The molecule has 0 aromatic heterocycles. The van der Waals surface area contributed by atoms with E-state index >= 15 is 0 Å². The number of aliphatic hydroxyl groups is 1. The molecule has 0 aliphatic carbocycles. The Kier molecular flexibility index (Phi) is 7.07. The molecule has 0 unspecified atom stereocenters. The van der Waals surface area contributed by atoms with Crippen molar-refractivity contribution in [2.45, 2.75) is 45.4 Å². The smallest absolute Gasteiger partial charge is 0.331 e. The Morgan fingerprint density at radius 1 is 1.15 bits per heavy atom. The quantitative estimate of drug-likeness (QED) is 0.365. The standard InChI is InChI=1S/C10H18O3/c1-2-3-4-5-6-7-9(11)8-10(12)13/h8,11H,2-7H2,1H3,(H,12,13)/b9-8-. The molecule has 0 saturated carbocycles. The van der Waals surface area contributed by atoms with Gasteiger partial charge in [0.15, 0.2) is 0 Å². The Morgan fingerprint density at radius 2 is 1.77 bits per heavy atom. The zero-order valence-corrected chi connectivity index (χ0v) is 8.12. The normalized spacial score (nSPS) is 11.6. The van der Waals surface area contributed by atoms with Gasteiger partial charge in [-0.05, 0) is 6.42 Å². The molecule has 0 spiro atoms. The number of carbonyl (C=O) groups is 1. The van der Waals surface area contributed by atoms with Gasteiger partial charge >= 0.3 is 5.97 Å². The summed E-state index contributed by atoms with van der Waals surface area (Å²) in [5.41, 5.74) is 0. The first-order valence-corrected chi connectivity index (χ1v) is 4.79. The summed E-state index contributed by atoms with van der Waals surface area (Å²) in [5, 5.41) is 17.3. The number of aliphatic hydroxyl groups excluding tert-OH is 1. The van der Waals surface area contributed by atoms with Crippen molar-refractivity contribution < 1.29 is 15.0 Å². The Labute approximate surface area is 79.1 Å². The summed E-state index contributed by atoms with van der Waals surface area (Å²) in [7, 11) is 0. The van der Waals surface area contributed by atoms with Gasteiger partial charge in [-0.25, -0.2) is 4.79 Å². The van der Waals surface area contributed by atoms with Crippen molar-refractivity contribution >= 4 is 5.97 Å². The van der Waals surface area contributed by atoms with Crippen LogP contribution in [0, 0.1) is 0 Å². The third-order valence-electron chi connectivity index (χ3n) is 1.83. The average molecular weight is 186 g/mol. The van der Waals surface area contributed by atoms with Gasteiger partial charge in [0.2, 0.25) is 0 Å². The van der Waals surface area contributed by atoms with E-state index in [1.807, 2.05) is 0 Å². The van der Waals surface area contributed by atoms with Crippen molar-refractivity contribution in [3.05, 3.63) is 11.8 Å². The minimum absolute atomic E-state index is 0.0241. The fourth-order valence-corrected chi connectivity index (χ4v) is 1.12. The third-order valence-corrected chi connectivity index (χ3v) is 1.83. The first-order chi connectivity index (χ1) is 6.16. The maximum atomic E-state index is 10.1. The molecule has 76 valence electrons. The number of rotatable bonds is 7. The van der Waals surface area contributed by atoms with E-state index in [1.165, 1.54) is 12.8 Å². The number of aliphatic carboxylic acids is 1. The number of hydrogen-bond donors (Lipinski definition) is 2. The van der Waals surface area contributed by atoms with Gasteiger partial charge in [0.25, 0.3) is 0 Å². The van der Waals surface area contributed by atoms with E-state index in [-0.39, 0.29) is 5.76 Å². The molecule has 0 aliphatic rings. The molecule has 0 amide bonds. The summed E-state index contributed by atoms with van der Waals surface area (Å²) in [6.45, 7) is 2.14. The lowest BCUT2D eigenvalue weighted by Crippen LogP contribution is -1.92. The molecule has 0 aromatic carbocycles. The van der Waals surface area contributed by atoms with Crippen LogP contribution < -0.4 is 0 Å². The van der Waals surface area contributed by atoms with Crippen LogP contribution in [0.2, 0.25) is 0 Å². The molecular formula is C10H18O3. The van der Waals surface area contributed by atoms with Crippen LogP contribution in [0.15, 0.2) is 11.8 Å². The molecule has 0 bridgehead atoms. The summed E-state index contributed by atoms with van der Waals surface area (Å²) >= 11 is 0. The van der Waals surface area contributed by atoms with E-state index in [0.29, 0.717) is 6.42 Å². The van der Waals surface area contributed by atoms with Gasteiger partial charge in [-0.1, -0.05) is 32.6 Å². The molecule has 0 rings (SSSR count). The highest BCUT2D eigenvalue weighted by atomic mass is 16.4. The Hall–Kier alpha value is -0.990. The van der Waals surface area contributed by atoms with Crippen molar-refractivity contribution in [2.75, 3.05) is 0 Å². The van der Waals surface area contributed by atoms with Crippen molar-refractivity contribution in [2.24, 2.45) is 0 Å². The summed E-state index contributed by atoms with van der Waals surface area (Å²) in [6, 6.07) is 0. The van der Waals surface area contributed by atoms with Crippen LogP contribution in [0.3, 0.4) is 0 Å². The monoisotopic (exact) mass is 186 g/mol. The molecule has 3 heteroatoms. The lowest BCUT2D eigenvalue weighted by Gasteiger charge is -1.99. The number of allylic oxidation sites excluding steroid dienone is 1. The zero-order valence-electron chi connectivity index (χ0n) is 8.12. The molecule has 13 heavy (non-hydrogen) atoms. The highest BCUT2D eigenvalue weighted by Gasteiger charge is 1.97. The van der Waals surface area contributed by atoms with Gasteiger partial charge in [0.05, 0.1) is 11.8 Å². The first-order valence-electron chi connectivity index (χ1n) is 4.79. The molecule has 0 radical (unpaired) electrons. The van der Waals surface area contributed by atoms with E-state index in [2.05, 4.69) is 6.92 Å². The van der Waals surface area contributed by atoms with Crippen LogP contribution in [0.25, 0.3) is 0 Å². The Balaban J connectivity index is 3.37. The fourth-order valence-electron chi connectivity index (χ4n) is 1.12.